The molecule has 0 spiro atoms. The van der Waals surface area contributed by atoms with E-state index >= 15 is 0 Å². The number of hydrogen-bond donors (Lipinski definition) is 1. The number of methoxy groups -OCH3 is 1. The molecule has 1 N–H and O–H groups in total. The highest BCUT2D eigenvalue weighted by Gasteiger charge is 2.50. The van der Waals surface area contributed by atoms with E-state index in [4.69, 9.17) is 9.47 Å². The van der Waals surface area contributed by atoms with Crippen LogP contribution in [0.1, 0.15) is 68.4 Å². The molecular weight excluding hydrogens is 488 g/mol. The molecule has 9 heteroatoms. The van der Waals surface area contributed by atoms with Crippen LogP contribution in [0, 0.1) is 17.3 Å². The largest absolute Gasteiger partial charge is 0.493 e. The zero-order valence-electron chi connectivity index (χ0n) is 21.9. The molecule has 1 saturated carbocycles. The topological polar surface area (TPSA) is 93.6 Å². The number of nitrogens with one attached hydrogen (secondary N) is 1. The van der Waals surface area contributed by atoms with Gasteiger partial charge in [0.05, 0.1) is 31.6 Å². The number of amides is 2. The first-order chi connectivity index (χ1) is 17.9. The summed E-state index contributed by atoms with van der Waals surface area (Å²) in [6.45, 7) is 6.27. The third kappa shape index (κ3) is 5.23. The van der Waals surface area contributed by atoms with Gasteiger partial charge in [0.25, 0.3) is 5.91 Å². The molecule has 6 rings (SSSR count). The molecule has 4 aliphatic rings. The maximum absolute atomic E-state index is 13.3. The van der Waals surface area contributed by atoms with Crippen LogP contribution in [-0.2, 0) is 11.3 Å². The minimum Gasteiger partial charge on any atom is -0.493 e. The van der Waals surface area contributed by atoms with Crippen molar-refractivity contribution in [3.8, 4) is 11.5 Å². The van der Waals surface area contributed by atoms with Crippen LogP contribution < -0.4 is 14.8 Å². The van der Waals surface area contributed by atoms with Crippen molar-refractivity contribution in [1.82, 2.24) is 19.0 Å². The summed E-state index contributed by atoms with van der Waals surface area (Å²) >= 11 is 0.983. The number of aromatic nitrogens is 2. The molecule has 37 heavy (non-hydrogen) atoms. The average Bonchev–Trinajstić information content (AvgIpc) is 3.36. The smallest absolute Gasteiger partial charge is 0.276 e. The maximum Gasteiger partial charge on any atom is 0.276 e. The van der Waals surface area contributed by atoms with E-state index in [0.717, 1.165) is 42.5 Å². The quantitative estimate of drug-likeness (QED) is 0.481. The Hall–Kier alpha value is -2.94. The highest BCUT2D eigenvalue weighted by Crippen LogP contribution is 2.59. The van der Waals surface area contributed by atoms with Crippen LogP contribution >= 0.6 is 11.7 Å². The van der Waals surface area contributed by atoms with E-state index in [0.29, 0.717) is 42.4 Å². The number of allylic oxidation sites excluding steroid dienone is 1. The summed E-state index contributed by atoms with van der Waals surface area (Å²) in [5, 5.41) is 2.94. The molecule has 1 saturated heterocycles. The van der Waals surface area contributed by atoms with Crippen LogP contribution in [0.15, 0.2) is 36.0 Å². The Labute approximate surface area is 222 Å². The summed E-state index contributed by atoms with van der Waals surface area (Å²) in [4.78, 5) is 27.8. The van der Waals surface area contributed by atoms with Crippen molar-refractivity contribution < 1.29 is 19.1 Å². The number of carbonyl (C=O) groups excluding carboxylic acids is 2. The van der Waals surface area contributed by atoms with Gasteiger partial charge < -0.3 is 19.7 Å². The van der Waals surface area contributed by atoms with Crippen molar-refractivity contribution in [3.05, 3.63) is 47.3 Å². The number of hydrogen-bond acceptors (Lipinski definition) is 7. The van der Waals surface area contributed by atoms with Crippen LogP contribution in [0.25, 0.3) is 0 Å². The summed E-state index contributed by atoms with van der Waals surface area (Å²) < 4.78 is 19.9. The van der Waals surface area contributed by atoms with Gasteiger partial charge in [0, 0.05) is 19.5 Å². The van der Waals surface area contributed by atoms with Crippen molar-refractivity contribution in [2.45, 2.75) is 65.0 Å². The lowest BCUT2D eigenvalue weighted by atomic mass is 9.48. The second-order valence-corrected chi connectivity index (χ2v) is 11.5. The van der Waals surface area contributed by atoms with Gasteiger partial charge in [-0.15, -0.1) is 0 Å². The fourth-order valence-electron chi connectivity index (χ4n) is 6.11. The molecule has 1 aromatic heterocycles. The predicted molar refractivity (Wildman–Crippen MR) is 142 cm³/mol. The summed E-state index contributed by atoms with van der Waals surface area (Å²) in [7, 11) is 1.62. The molecular formula is C28H36N4O4S. The van der Waals surface area contributed by atoms with Crippen LogP contribution in [0.2, 0.25) is 0 Å². The van der Waals surface area contributed by atoms with E-state index in [1.54, 1.807) is 12.0 Å². The monoisotopic (exact) mass is 524 g/mol. The van der Waals surface area contributed by atoms with Gasteiger partial charge >= 0.3 is 0 Å². The number of rotatable bonds is 9. The number of fused-ring (bicyclic) bond motifs is 1. The van der Waals surface area contributed by atoms with Crippen molar-refractivity contribution in [2.24, 2.45) is 17.3 Å². The summed E-state index contributed by atoms with van der Waals surface area (Å²) in [5.74, 6) is 2.39. The molecule has 3 aliphatic carbocycles. The van der Waals surface area contributed by atoms with E-state index in [-0.39, 0.29) is 24.1 Å². The van der Waals surface area contributed by atoms with Crippen LogP contribution in [0.5, 0.6) is 11.5 Å². The molecule has 2 heterocycles. The average molecular weight is 525 g/mol. The summed E-state index contributed by atoms with van der Waals surface area (Å²) in [6.07, 6.45) is 9.67. The molecule has 0 unspecified atom stereocenters. The molecule has 2 bridgehead atoms. The lowest BCUT2D eigenvalue weighted by molar-refractivity contribution is -0.125. The van der Waals surface area contributed by atoms with Gasteiger partial charge in [0.15, 0.2) is 17.2 Å². The fraction of sp³-hybridized carbons (Fsp3) is 0.571. The predicted octanol–water partition coefficient (Wildman–Crippen LogP) is 4.62. The third-order valence-corrected chi connectivity index (χ3v) is 9.01. The lowest BCUT2D eigenvalue weighted by Crippen LogP contribution is -2.48. The zero-order chi connectivity index (χ0) is 26.0. The molecule has 2 aromatic rings. The Kier molecular flexibility index (Phi) is 7.51. The zero-order valence-corrected chi connectivity index (χ0v) is 22.7. The van der Waals surface area contributed by atoms with Gasteiger partial charge in [0.2, 0.25) is 5.91 Å². The number of carbonyl (C=O) groups is 2. The second kappa shape index (κ2) is 10.8. The SMILES string of the molecule is COc1cc(CN(C(=O)c2cnsn2)[C@H]2CCCCNC2=O)ccc1OCCC1=CC[C@H]2C[C@@H]1C2(C)C. The molecule has 1 aromatic carbocycles. The lowest BCUT2D eigenvalue weighted by Gasteiger charge is -2.56. The molecule has 2 amide bonds. The first kappa shape index (κ1) is 25.7. The fourth-order valence-corrected chi connectivity index (χ4v) is 6.52. The normalized spacial score (nSPS) is 24.2. The molecule has 3 atom stereocenters. The first-order valence-corrected chi connectivity index (χ1v) is 14.0. The van der Waals surface area contributed by atoms with E-state index in [1.807, 2.05) is 18.2 Å². The van der Waals surface area contributed by atoms with E-state index in [2.05, 4.69) is 34.0 Å². The summed E-state index contributed by atoms with van der Waals surface area (Å²) in [6, 6.07) is 5.17. The van der Waals surface area contributed by atoms with Crippen LogP contribution in [0.4, 0.5) is 0 Å². The Balaban J connectivity index is 1.28. The Morgan fingerprint density at radius 3 is 2.86 bits per heavy atom. The minimum atomic E-state index is -0.558. The third-order valence-electron chi connectivity index (χ3n) is 8.54. The standard InChI is InChI=1S/C28H36N4O4S/c1-28(2)20-9-8-19(21(28)15-20)11-13-36-24-10-7-18(14-25(24)35-3)17-32(27(34)22-16-30-37-31-22)23-6-4-5-12-29-26(23)33/h7-8,10,14,16,20-21,23H,4-6,9,11-13,15,17H2,1-3H3,(H,29,33)/t20-,21-,23-/m0/s1. The Bertz CT molecular complexity index is 1160. The second-order valence-electron chi connectivity index (χ2n) is 10.9. The Morgan fingerprint density at radius 2 is 2.14 bits per heavy atom. The molecule has 1 aliphatic heterocycles. The van der Waals surface area contributed by atoms with Crippen LogP contribution in [-0.4, -0.2) is 51.8 Å². The van der Waals surface area contributed by atoms with Crippen molar-refractivity contribution in [1.29, 1.82) is 0 Å². The first-order valence-electron chi connectivity index (χ1n) is 13.2. The maximum atomic E-state index is 13.3. The van der Waals surface area contributed by atoms with E-state index in [9.17, 15) is 9.59 Å². The molecule has 8 nitrogen and oxygen atoms in total. The summed E-state index contributed by atoms with van der Waals surface area (Å²) in [5.41, 5.74) is 3.05. The number of benzene rings is 1. The van der Waals surface area contributed by atoms with Gasteiger partial charge in [-0.2, -0.15) is 8.75 Å². The van der Waals surface area contributed by atoms with Crippen molar-refractivity contribution in [3.63, 3.8) is 0 Å². The van der Waals surface area contributed by atoms with E-state index in [1.165, 1.54) is 24.6 Å². The van der Waals surface area contributed by atoms with Gasteiger partial charge in [-0.05, 0) is 67.1 Å². The Morgan fingerprint density at radius 1 is 1.27 bits per heavy atom. The van der Waals surface area contributed by atoms with Gasteiger partial charge in [-0.1, -0.05) is 31.6 Å². The van der Waals surface area contributed by atoms with Crippen molar-refractivity contribution in [2.75, 3.05) is 20.3 Å². The minimum absolute atomic E-state index is 0.126. The van der Waals surface area contributed by atoms with E-state index < -0.39 is 6.04 Å². The molecule has 2 fully saturated rings. The van der Waals surface area contributed by atoms with Crippen LogP contribution in [0.3, 0.4) is 0 Å². The van der Waals surface area contributed by atoms with Crippen molar-refractivity contribution >= 4 is 23.5 Å². The molecule has 0 radical (unpaired) electrons. The van der Waals surface area contributed by atoms with Gasteiger partial charge in [-0.25, -0.2) is 0 Å². The highest BCUT2D eigenvalue weighted by molar-refractivity contribution is 6.99. The molecule has 198 valence electrons. The number of nitrogens with zero attached hydrogens (tertiary/aromatic N) is 3. The van der Waals surface area contributed by atoms with Gasteiger partial charge in [0.1, 0.15) is 6.04 Å². The highest BCUT2D eigenvalue weighted by atomic mass is 32.1. The van der Waals surface area contributed by atoms with Gasteiger partial charge in [-0.3, -0.25) is 9.59 Å². The number of ether oxygens (including phenoxy) is 2.